The monoisotopic (exact) mass is 517 g/mol. The molecule has 2 aromatic heterocycles. The maximum atomic E-state index is 13.0. The second kappa shape index (κ2) is 11.4. The van der Waals surface area contributed by atoms with Crippen LogP contribution in [-0.2, 0) is 13.7 Å². The first-order valence-corrected chi connectivity index (χ1v) is 13.6. The molecule has 1 fully saturated rings. The third-order valence-corrected chi connectivity index (χ3v) is 7.69. The molecule has 1 saturated carbocycles. The van der Waals surface area contributed by atoms with Crippen LogP contribution in [0.1, 0.15) is 41.7 Å². The molecule has 1 aliphatic carbocycles. The average Bonchev–Trinajstić information content (AvgIpc) is 3.48. The van der Waals surface area contributed by atoms with Gasteiger partial charge < -0.3 is 29.6 Å². The van der Waals surface area contributed by atoms with E-state index >= 15 is 0 Å². The van der Waals surface area contributed by atoms with E-state index in [1.54, 1.807) is 18.2 Å². The van der Waals surface area contributed by atoms with Crippen molar-refractivity contribution in [3.63, 3.8) is 0 Å². The fourth-order valence-corrected chi connectivity index (χ4v) is 5.73. The van der Waals surface area contributed by atoms with Crippen LogP contribution in [0.15, 0.2) is 66.0 Å². The van der Waals surface area contributed by atoms with Crippen molar-refractivity contribution in [2.75, 3.05) is 5.32 Å². The highest BCUT2D eigenvalue weighted by atomic mass is 32.1. The van der Waals surface area contributed by atoms with Crippen molar-refractivity contribution in [1.29, 1.82) is 0 Å². The molecule has 37 heavy (non-hydrogen) atoms. The van der Waals surface area contributed by atoms with E-state index in [4.69, 9.17) is 9.47 Å². The highest BCUT2D eigenvalue weighted by Crippen LogP contribution is 2.27. The molecule has 3 N–H and O–H groups in total. The average molecular weight is 517 g/mol. The lowest BCUT2D eigenvalue weighted by molar-refractivity contribution is 0.101. The highest BCUT2D eigenvalue weighted by Gasteiger charge is 2.23. The number of aromatic nitrogens is 1. The summed E-state index contributed by atoms with van der Waals surface area (Å²) < 4.78 is 15.2. The van der Waals surface area contributed by atoms with E-state index < -0.39 is 7.05 Å². The lowest BCUT2D eigenvalue weighted by atomic mass is 9.83. The summed E-state index contributed by atoms with van der Waals surface area (Å²) in [7, 11) is 1.44. The second-order valence-corrected chi connectivity index (χ2v) is 10.5. The van der Waals surface area contributed by atoms with Gasteiger partial charge in [-0.2, -0.15) is 0 Å². The molecule has 0 saturated heterocycles. The summed E-state index contributed by atoms with van der Waals surface area (Å²) in [6, 6.07) is 19.7. The summed E-state index contributed by atoms with van der Waals surface area (Å²) >= 11 is 1.63. The number of carbonyl (C=O) groups excluding carboxylic acids is 1. The summed E-state index contributed by atoms with van der Waals surface area (Å²) in [6.45, 7) is 2.09. The Morgan fingerprint density at radius 1 is 1.08 bits per heavy atom. The molecule has 5 rings (SSSR count). The number of nitrogens with zero attached hydrogens (tertiary/aromatic N) is 1. The molecule has 0 radical (unpaired) electrons. The van der Waals surface area contributed by atoms with Crippen molar-refractivity contribution in [3.05, 3.63) is 77.3 Å². The van der Waals surface area contributed by atoms with Crippen molar-refractivity contribution in [2.24, 2.45) is 7.05 Å². The Hall–Kier alpha value is -3.27. The predicted octanol–water partition coefficient (Wildman–Crippen LogP) is 5.46. The zero-order chi connectivity index (χ0) is 25.8. The minimum Gasteiger partial charge on any atom is -0.490 e. The zero-order valence-electron chi connectivity index (χ0n) is 21.1. The topological polar surface area (TPSA) is 84.8 Å². The maximum absolute atomic E-state index is 13.0. The Kier molecular flexibility index (Phi) is 7.83. The first-order chi connectivity index (χ1) is 18.0. The van der Waals surface area contributed by atoms with Gasteiger partial charge in [0.15, 0.2) is 0 Å². The SMILES string of the molecule is CB(O)N[C@H]1CC[C@H](Oc2ccc(OCc3ccccc3NC(=O)c3cc4sccc4n3C)cc2)CC1. The molecular weight excluding hydrogens is 485 g/mol. The highest BCUT2D eigenvalue weighted by molar-refractivity contribution is 7.17. The summed E-state index contributed by atoms with van der Waals surface area (Å²) in [5.74, 6) is 1.42. The number of ether oxygens (including phenoxy) is 2. The minimum atomic E-state index is -0.473. The van der Waals surface area contributed by atoms with Gasteiger partial charge in [-0.3, -0.25) is 4.79 Å². The number of aryl methyl sites for hydroxylation is 1. The van der Waals surface area contributed by atoms with E-state index in [1.807, 2.05) is 77.7 Å². The first kappa shape index (κ1) is 25.4. The van der Waals surface area contributed by atoms with E-state index in [0.29, 0.717) is 18.3 Å². The van der Waals surface area contributed by atoms with E-state index in [-0.39, 0.29) is 12.0 Å². The van der Waals surface area contributed by atoms with Crippen LogP contribution >= 0.6 is 11.3 Å². The van der Waals surface area contributed by atoms with Crippen LogP contribution in [0.2, 0.25) is 6.82 Å². The third-order valence-electron chi connectivity index (χ3n) is 6.83. The quantitative estimate of drug-likeness (QED) is 0.257. The second-order valence-electron chi connectivity index (χ2n) is 9.56. The zero-order valence-corrected chi connectivity index (χ0v) is 22.0. The van der Waals surface area contributed by atoms with Crippen molar-refractivity contribution in [1.82, 2.24) is 9.79 Å². The molecule has 4 aromatic rings. The number of carbonyl (C=O) groups is 1. The van der Waals surface area contributed by atoms with Gasteiger partial charge in [-0.05, 0) is 86.4 Å². The molecule has 1 aliphatic rings. The van der Waals surface area contributed by atoms with E-state index in [1.165, 1.54) is 0 Å². The van der Waals surface area contributed by atoms with Crippen molar-refractivity contribution >= 4 is 40.2 Å². The number of fused-ring (bicyclic) bond motifs is 1. The van der Waals surface area contributed by atoms with Crippen LogP contribution in [0, 0.1) is 0 Å². The van der Waals surface area contributed by atoms with Gasteiger partial charge >= 0.3 is 7.05 Å². The molecule has 2 aromatic carbocycles. The molecule has 2 heterocycles. The van der Waals surface area contributed by atoms with Gasteiger partial charge in [0.1, 0.15) is 23.8 Å². The van der Waals surface area contributed by atoms with Gasteiger partial charge in [0.2, 0.25) is 0 Å². The van der Waals surface area contributed by atoms with Crippen LogP contribution in [0.25, 0.3) is 10.2 Å². The van der Waals surface area contributed by atoms with Crippen LogP contribution in [0.5, 0.6) is 11.5 Å². The first-order valence-electron chi connectivity index (χ1n) is 12.7. The van der Waals surface area contributed by atoms with Gasteiger partial charge in [0, 0.05) is 18.3 Å². The summed E-state index contributed by atoms with van der Waals surface area (Å²) in [6.07, 6.45) is 4.11. The Bertz CT molecular complexity index is 1340. The molecule has 1 amide bonds. The molecule has 0 unspecified atom stereocenters. The lowest BCUT2D eigenvalue weighted by Crippen LogP contribution is -2.43. The fraction of sp³-hybridized carbons (Fsp3) is 0.321. The van der Waals surface area contributed by atoms with Gasteiger partial charge in [-0.25, -0.2) is 0 Å². The Morgan fingerprint density at radius 3 is 2.54 bits per heavy atom. The van der Waals surface area contributed by atoms with Crippen LogP contribution in [-0.4, -0.2) is 34.7 Å². The normalized spacial score (nSPS) is 17.5. The third kappa shape index (κ3) is 6.18. The molecule has 0 spiro atoms. The van der Waals surface area contributed by atoms with Crippen molar-refractivity contribution in [3.8, 4) is 11.5 Å². The molecule has 0 aliphatic heterocycles. The van der Waals surface area contributed by atoms with Crippen LogP contribution in [0.4, 0.5) is 5.69 Å². The summed E-state index contributed by atoms with van der Waals surface area (Å²) in [4.78, 5) is 13.0. The lowest BCUT2D eigenvalue weighted by Gasteiger charge is -2.30. The number of thiophene rings is 1. The molecule has 9 heteroatoms. The standard InChI is InChI=1S/C28H32BN3O4S/c1-29(34)31-20-7-9-22(10-8-20)36-23-13-11-21(12-14-23)35-18-19-5-3-4-6-24(19)30-28(33)26-17-27-25(32(26)2)15-16-37-27/h3-6,11-17,20,22,31,34H,7-10,18H2,1-2H3,(H,30,33)/t20-,22-. The number of rotatable bonds is 9. The maximum Gasteiger partial charge on any atom is 0.373 e. The largest absolute Gasteiger partial charge is 0.490 e. The summed E-state index contributed by atoms with van der Waals surface area (Å²) in [5, 5.41) is 17.8. The molecular formula is C28H32BN3O4S. The Balaban J connectivity index is 1.15. The van der Waals surface area contributed by atoms with Gasteiger partial charge in [-0.15, -0.1) is 11.3 Å². The summed E-state index contributed by atoms with van der Waals surface area (Å²) in [5.41, 5.74) is 3.31. The van der Waals surface area contributed by atoms with E-state index in [2.05, 4.69) is 10.5 Å². The van der Waals surface area contributed by atoms with Crippen molar-refractivity contribution < 1.29 is 19.3 Å². The molecule has 0 atom stereocenters. The van der Waals surface area contributed by atoms with Gasteiger partial charge in [-0.1, -0.05) is 18.2 Å². The number of hydrogen-bond acceptors (Lipinski definition) is 6. The smallest absolute Gasteiger partial charge is 0.373 e. The predicted molar refractivity (Wildman–Crippen MR) is 150 cm³/mol. The van der Waals surface area contributed by atoms with E-state index in [9.17, 15) is 9.82 Å². The fourth-order valence-electron chi connectivity index (χ4n) is 4.88. The molecule has 7 nitrogen and oxygen atoms in total. The van der Waals surface area contributed by atoms with Gasteiger partial charge in [0.25, 0.3) is 5.91 Å². The van der Waals surface area contributed by atoms with E-state index in [0.717, 1.165) is 58.6 Å². The molecule has 0 bridgehead atoms. The van der Waals surface area contributed by atoms with Gasteiger partial charge in [0.05, 0.1) is 16.3 Å². The Labute approximate surface area is 221 Å². The number of amides is 1. The van der Waals surface area contributed by atoms with Crippen LogP contribution in [0.3, 0.4) is 0 Å². The number of benzene rings is 2. The number of anilines is 1. The number of hydrogen-bond donors (Lipinski definition) is 3. The minimum absolute atomic E-state index is 0.143. The van der Waals surface area contributed by atoms with Crippen molar-refractivity contribution in [2.45, 2.75) is 51.3 Å². The molecule has 192 valence electrons. The Morgan fingerprint density at radius 2 is 1.81 bits per heavy atom. The number of para-hydroxylation sites is 1. The van der Waals surface area contributed by atoms with Crippen LogP contribution < -0.4 is 20.0 Å². The number of nitrogens with one attached hydrogen (secondary N) is 2.